The molecule has 2 aliphatic rings. The number of nitriles is 1. The minimum Gasteiger partial charge on any atom is -0.494 e. The highest BCUT2D eigenvalue weighted by molar-refractivity contribution is 6.06. The second-order valence-corrected chi connectivity index (χ2v) is 9.11. The van der Waals surface area contributed by atoms with Crippen LogP contribution in [0.15, 0.2) is 42.7 Å². The molecule has 0 spiro atoms. The van der Waals surface area contributed by atoms with E-state index in [0.717, 1.165) is 10.9 Å². The number of carbonyl (C=O) groups excluding carboxylic acids is 3. The SMILES string of the molecule is CC(=O)N1CCN(C(=O)CCCOc2ccc3c(C4C(=O)Nc5ccc(C#N)cc54)ncnc3c2)CC1. The Bertz CT molecular complexity index is 1420. The lowest BCUT2D eigenvalue weighted by Crippen LogP contribution is -2.50. The Balaban J connectivity index is 1.22. The molecule has 0 bridgehead atoms. The molecule has 0 radical (unpaired) electrons. The number of hydrogen-bond donors (Lipinski definition) is 1. The number of nitrogens with zero attached hydrogens (tertiary/aromatic N) is 5. The smallest absolute Gasteiger partial charge is 0.238 e. The van der Waals surface area contributed by atoms with Gasteiger partial charge in [-0.25, -0.2) is 9.97 Å². The number of benzene rings is 2. The van der Waals surface area contributed by atoms with Gasteiger partial charge in [-0.15, -0.1) is 0 Å². The highest BCUT2D eigenvalue weighted by Crippen LogP contribution is 2.39. The van der Waals surface area contributed by atoms with Gasteiger partial charge in [0.15, 0.2) is 0 Å². The molecular weight excluding hydrogens is 472 g/mol. The van der Waals surface area contributed by atoms with E-state index < -0.39 is 5.92 Å². The molecule has 10 nitrogen and oxygen atoms in total. The van der Waals surface area contributed by atoms with Crippen LogP contribution in [0.4, 0.5) is 5.69 Å². The zero-order valence-corrected chi connectivity index (χ0v) is 20.4. The quantitative estimate of drug-likeness (QED) is 0.517. The molecule has 3 aromatic rings. The van der Waals surface area contributed by atoms with Crippen molar-refractivity contribution >= 4 is 34.3 Å². The summed E-state index contributed by atoms with van der Waals surface area (Å²) in [6, 6.07) is 12.7. The Morgan fingerprint density at radius 2 is 1.89 bits per heavy atom. The maximum Gasteiger partial charge on any atom is 0.238 e. The van der Waals surface area contributed by atoms with E-state index >= 15 is 0 Å². The van der Waals surface area contributed by atoms with Crippen LogP contribution in [-0.2, 0) is 14.4 Å². The van der Waals surface area contributed by atoms with Gasteiger partial charge in [-0.05, 0) is 42.3 Å². The van der Waals surface area contributed by atoms with E-state index in [1.807, 2.05) is 6.07 Å². The van der Waals surface area contributed by atoms with Crippen molar-refractivity contribution in [2.45, 2.75) is 25.7 Å². The van der Waals surface area contributed by atoms with Crippen molar-refractivity contribution < 1.29 is 19.1 Å². The zero-order valence-electron chi connectivity index (χ0n) is 20.4. The molecule has 1 N–H and O–H groups in total. The third kappa shape index (κ3) is 4.93. The van der Waals surface area contributed by atoms with E-state index in [1.165, 1.54) is 6.33 Å². The molecule has 2 aromatic carbocycles. The molecular formula is C27H26N6O4. The Kier molecular flexibility index (Phi) is 6.68. The molecule has 3 amide bonds. The predicted molar refractivity (Wildman–Crippen MR) is 135 cm³/mol. The van der Waals surface area contributed by atoms with Gasteiger partial charge in [-0.2, -0.15) is 5.26 Å². The van der Waals surface area contributed by atoms with Crippen LogP contribution < -0.4 is 10.1 Å². The summed E-state index contributed by atoms with van der Waals surface area (Å²) in [5.41, 5.74) is 3.08. The van der Waals surface area contributed by atoms with Gasteiger partial charge in [0.25, 0.3) is 0 Å². The van der Waals surface area contributed by atoms with Gasteiger partial charge in [0, 0.05) is 56.7 Å². The molecule has 0 saturated carbocycles. The summed E-state index contributed by atoms with van der Waals surface area (Å²) in [7, 11) is 0. The van der Waals surface area contributed by atoms with Crippen LogP contribution in [0, 0.1) is 11.3 Å². The lowest BCUT2D eigenvalue weighted by atomic mass is 9.93. The minimum absolute atomic E-state index is 0.0396. The molecule has 3 heterocycles. The van der Waals surface area contributed by atoms with E-state index in [0.29, 0.717) is 73.8 Å². The van der Waals surface area contributed by atoms with Crippen LogP contribution in [0.5, 0.6) is 5.75 Å². The first-order chi connectivity index (χ1) is 17.9. The number of hydrogen-bond acceptors (Lipinski definition) is 7. The van der Waals surface area contributed by atoms with Crippen LogP contribution in [0.3, 0.4) is 0 Å². The second kappa shape index (κ2) is 10.2. The average molecular weight is 499 g/mol. The molecule has 1 saturated heterocycles. The molecule has 1 atom stereocenters. The van der Waals surface area contributed by atoms with Crippen molar-refractivity contribution in [2.24, 2.45) is 0 Å². The molecule has 5 rings (SSSR count). The summed E-state index contributed by atoms with van der Waals surface area (Å²) >= 11 is 0. The van der Waals surface area contributed by atoms with Crippen molar-refractivity contribution in [3.8, 4) is 11.8 Å². The average Bonchev–Trinajstić information content (AvgIpc) is 3.25. The molecule has 37 heavy (non-hydrogen) atoms. The monoisotopic (exact) mass is 498 g/mol. The highest BCUT2D eigenvalue weighted by atomic mass is 16.5. The van der Waals surface area contributed by atoms with Crippen molar-refractivity contribution in [1.82, 2.24) is 19.8 Å². The first-order valence-corrected chi connectivity index (χ1v) is 12.2. The summed E-state index contributed by atoms with van der Waals surface area (Å²) in [6.45, 7) is 4.20. The van der Waals surface area contributed by atoms with Crippen LogP contribution >= 0.6 is 0 Å². The molecule has 1 unspecified atom stereocenters. The normalized spacial score (nSPS) is 16.8. The third-order valence-corrected chi connectivity index (χ3v) is 6.81. The number of ether oxygens (including phenoxy) is 1. The maximum atomic E-state index is 12.8. The van der Waals surface area contributed by atoms with Gasteiger partial charge in [0.05, 0.1) is 29.5 Å². The van der Waals surface area contributed by atoms with Gasteiger partial charge in [0.1, 0.15) is 18.0 Å². The number of nitrogens with one attached hydrogen (secondary N) is 1. The summed E-state index contributed by atoms with van der Waals surface area (Å²) < 4.78 is 5.87. The van der Waals surface area contributed by atoms with Gasteiger partial charge in [0.2, 0.25) is 17.7 Å². The van der Waals surface area contributed by atoms with E-state index in [-0.39, 0.29) is 17.7 Å². The lowest BCUT2D eigenvalue weighted by molar-refractivity contribution is -0.138. The fourth-order valence-corrected chi connectivity index (χ4v) is 4.82. The second-order valence-electron chi connectivity index (χ2n) is 9.11. The first-order valence-electron chi connectivity index (χ1n) is 12.2. The molecule has 1 aromatic heterocycles. The van der Waals surface area contributed by atoms with E-state index in [4.69, 9.17) is 4.74 Å². The third-order valence-electron chi connectivity index (χ3n) is 6.81. The van der Waals surface area contributed by atoms with Crippen molar-refractivity contribution in [2.75, 3.05) is 38.1 Å². The highest BCUT2D eigenvalue weighted by Gasteiger charge is 2.34. The summed E-state index contributed by atoms with van der Waals surface area (Å²) in [4.78, 5) is 49.1. The Hall–Kier alpha value is -4.52. The van der Waals surface area contributed by atoms with Crippen LogP contribution in [0.2, 0.25) is 0 Å². The molecule has 0 aliphatic carbocycles. The predicted octanol–water partition coefficient (Wildman–Crippen LogP) is 2.44. The molecule has 10 heteroatoms. The number of carbonyl (C=O) groups is 3. The number of fused-ring (bicyclic) bond motifs is 2. The number of aromatic nitrogens is 2. The number of amides is 3. The standard InChI is InChI=1S/C27H26N6O4/c1-17(34)32-8-10-33(11-9-32)24(35)3-2-12-37-19-5-6-20-23(14-19)29-16-30-26(20)25-21-13-18(15-28)4-7-22(21)31-27(25)36/h4-7,13-14,16,25H,2-3,8-12H2,1H3,(H,31,36). The minimum atomic E-state index is -0.635. The lowest BCUT2D eigenvalue weighted by Gasteiger charge is -2.34. The molecule has 188 valence electrons. The van der Waals surface area contributed by atoms with Crippen LogP contribution in [0.25, 0.3) is 10.9 Å². The van der Waals surface area contributed by atoms with Crippen molar-refractivity contribution in [3.63, 3.8) is 0 Å². The van der Waals surface area contributed by atoms with E-state index in [1.54, 1.807) is 47.1 Å². The summed E-state index contributed by atoms with van der Waals surface area (Å²) in [6.07, 6.45) is 2.37. The topological polar surface area (TPSA) is 129 Å². The summed E-state index contributed by atoms with van der Waals surface area (Å²) in [5, 5.41) is 12.9. The Labute approximate surface area is 213 Å². The fraction of sp³-hybridized carbons (Fsp3) is 0.333. The Morgan fingerprint density at radius 1 is 1.11 bits per heavy atom. The van der Waals surface area contributed by atoms with Crippen LogP contribution in [-0.4, -0.2) is 70.3 Å². The fourth-order valence-electron chi connectivity index (χ4n) is 4.82. The molecule has 2 aliphatic heterocycles. The number of rotatable bonds is 6. The molecule has 1 fully saturated rings. The Morgan fingerprint density at radius 3 is 2.65 bits per heavy atom. The van der Waals surface area contributed by atoms with E-state index in [9.17, 15) is 19.6 Å². The zero-order chi connectivity index (χ0) is 25.9. The number of piperazine rings is 1. The van der Waals surface area contributed by atoms with Crippen molar-refractivity contribution in [3.05, 3.63) is 59.5 Å². The largest absolute Gasteiger partial charge is 0.494 e. The van der Waals surface area contributed by atoms with Gasteiger partial charge < -0.3 is 19.9 Å². The number of anilines is 1. The van der Waals surface area contributed by atoms with Gasteiger partial charge in [-0.3, -0.25) is 14.4 Å². The van der Waals surface area contributed by atoms with Gasteiger partial charge in [-0.1, -0.05) is 0 Å². The van der Waals surface area contributed by atoms with Crippen molar-refractivity contribution in [1.29, 1.82) is 5.26 Å². The van der Waals surface area contributed by atoms with Crippen LogP contribution in [0.1, 0.15) is 42.5 Å². The maximum absolute atomic E-state index is 12.8. The summed E-state index contributed by atoms with van der Waals surface area (Å²) in [5.74, 6) is -0.112. The first kappa shape index (κ1) is 24.2. The van der Waals surface area contributed by atoms with Gasteiger partial charge >= 0.3 is 0 Å². The van der Waals surface area contributed by atoms with E-state index in [2.05, 4.69) is 21.4 Å².